The van der Waals surface area contributed by atoms with E-state index in [1.54, 1.807) is 12.1 Å². The summed E-state index contributed by atoms with van der Waals surface area (Å²) in [5.74, 6) is -0.0249. The van der Waals surface area contributed by atoms with E-state index in [2.05, 4.69) is 19.1 Å². The number of unbranched alkanes of at least 4 members (excludes halogenated alkanes) is 2. The molecule has 0 radical (unpaired) electrons. The largest absolute Gasteiger partial charge is 0.204 e. The molecule has 0 amide bonds. The van der Waals surface area contributed by atoms with Gasteiger partial charge in [-0.3, -0.25) is 0 Å². The van der Waals surface area contributed by atoms with Gasteiger partial charge in [0.25, 0.3) is 0 Å². The zero-order valence-corrected chi connectivity index (χ0v) is 15.1. The maximum absolute atomic E-state index is 13.9. The normalized spacial score (nSPS) is 20.6. The molecule has 0 nitrogen and oxygen atoms in total. The Kier molecular flexibility index (Phi) is 6.23. The van der Waals surface area contributed by atoms with Crippen LogP contribution in [0.4, 0.5) is 8.78 Å². The Balaban J connectivity index is 1.61. The van der Waals surface area contributed by atoms with Crippen LogP contribution in [0, 0.1) is 17.6 Å². The van der Waals surface area contributed by atoms with Crippen molar-refractivity contribution in [2.45, 2.75) is 64.2 Å². The SMILES string of the molecule is CCCCCC1CCC(c2ccc(-c3cccc(F)c3F)cc2)CC1. The number of hydrogen-bond donors (Lipinski definition) is 0. The quantitative estimate of drug-likeness (QED) is 0.477. The van der Waals surface area contributed by atoms with Gasteiger partial charge in [-0.15, -0.1) is 0 Å². The van der Waals surface area contributed by atoms with Crippen molar-refractivity contribution in [3.05, 3.63) is 59.7 Å². The van der Waals surface area contributed by atoms with Gasteiger partial charge in [0, 0.05) is 5.56 Å². The molecule has 1 aliphatic rings. The second-order valence-electron chi connectivity index (χ2n) is 7.44. The van der Waals surface area contributed by atoms with E-state index in [1.165, 1.54) is 56.9 Å². The van der Waals surface area contributed by atoms with Gasteiger partial charge in [-0.2, -0.15) is 0 Å². The molecule has 0 unspecified atom stereocenters. The van der Waals surface area contributed by atoms with Gasteiger partial charge < -0.3 is 0 Å². The predicted molar refractivity (Wildman–Crippen MR) is 101 cm³/mol. The van der Waals surface area contributed by atoms with Crippen molar-refractivity contribution in [1.29, 1.82) is 0 Å². The smallest absolute Gasteiger partial charge is 0.166 e. The van der Waals surface area contributed by atoms with Crippen molar-refractivity contribution in [2.75, 3.05) is 0 Å². The lowest BCUT2D eigenvalue weighted by atomic mass is 9.77. The zero-order chi connectivity index (χ0) is 17.6. The van der Waals surface area contributed by atoms with Gasteiger partial charge in [0.05, 0.1) is 0 Å². The molecular weight excluding hydrogens is 314 g/mol. The van der Waals surface area contributed by atoms with Crippen molar-refractivity contribution in [1.82, 2.24) is 0 Å². The summed E-state index contributed by atoms with van der Waals surface area (Å²) in [6.45, 7) is 2.26. The Hall–Kier alpha value is -1.70. The van der Waals surface area contributed by atoms with Gasteiger partial charge in [0.2, 0.25) is 0 Å². The molecule has 0 N–H and O–H groups in total. The summed E-state index contributed by atoms with van der Waals surface area (Å²) in [5, 5.41) is 0. The molecule has 1 fully saturated rings. The number of benzene rings is 2. The van der Waals surface area contributed by atoms with E-state index in [-0.39, 0.29) is 0 Å². The van der Waals surface area contributed by atoms with Crippen LogP contribution in [0.25, 0.3) is 11.1 Å². The Morgan fingerprint density at radius 2 is 1.60 bits per heavy atom. The van der Waals surface area contributed by atoms with Crippen LogP contribution in [0.1, 0.15) is 69.8 Å². The Morgan fingerprint density at radius 3 is 2.28 bits per heavy atom. The molecule has 25 heavy (non-hydrogen) atoms. The second-order valence-corrected chi connectivity index (χ2v) is 7.44. The second kappa shape index (κ2) is 8.60. The van der Waals surface area contributed by atoms with Crippen molar-refractivity contribution < 1.29 is 8.78 Å². The minimum atomic E-state index is -0.789. The highest BCUT2D eigenvalue weighted by atomic mass is 19.2. The van der Waals surface area contributed by atoms with Crippen LogP contribution in [-0.2, 0) is 0 Å². The van der Waals surface area contributed by atoms with Gasteiger partial charge >= 0.3 is 0 Å². The summed E-state index contributed by atoms with van der Waals surface area (Å²) < 4.78 is 27.3. The zero-order valence-electron chi connectivity index (χ0n) is 15.1. The lowest BCUT2D eigenvalue weighted by Crippen LogP contribution is -2.13. The van der Waals surface area contributed by atoms with Crippen LogP contribution in [0.2, 0.25) is 0 Å². The Morgan fingerprint density at radius 1 is 0.880 bits per heavy atom. The fourth-order valence-electron chi connectivity index (χ4n) is 4.13. The molecule has 0 aliphatic heterocycles. The average molecular weight is 342 g/mol. The molecular formula is C23H28F2. The highest BCUT2D eigenvalue weighted by Crippen LogP contribution is 2.38. The highest BCUT2D eigenvalue weighted by molar-refractivity contribution is 5.64. The van der Waals surface area contributed by atoms with Crippen LogP contribution in [0.15, 0.2) is 42.5 Å². The van der Waals surface area contributed by atoms with E-state index >= 15 is 0 Å². The summed E-state index contributed by atoms with van der Waals surface area (Å²) in [6, 6.07) is 12.4. The summed E-state index contributed by atoms with van der Waals surface area (Å²) in [7, 11) is 0. The summed E-state index contributed by atoms with van der Waals surface area (Å²) in [6.07, 6.45) is 10.6. The lowest BCUT2D eigenvalue weighted by molar-refractivity contribution is 0.303. The lowest BCUT2D eigenvalue weighted by Gasteiger charge is -2.29. The maximum Gasteiger partial charge on any atom is 0.166 e. The number of hydrogen-bond acceptors (Lipinski definition) is 0. The molecule has 2 aromatic rings. The molecule has 3 rings (SSSR count). The van der Waals surface area contributed by atoms with Gasteiger partial charge in [-0.05, 0) is 54.7 Å². The van der Waals surface area contributed by atoms with E-state index in [0.29, 0.717) is 11.5 Å². The van der Waals surface area contributed by atoms with E-state index in [4.69, 9.17) is 0 Å². The molecule has 0 saturated heterocycles. The maximum atomic E-state index is 13.9. The third kappa shape index (κ3) is 4.48. The molecule has 0 aromatic heterocycles. The number of halogens is 2. The van der Waals surface area contributed by atoms with E-state index in [0.717, 1.165) is 17.5 Å². The standard InChI is InChI=1S/C23H28F2/c1-2-3-4-6-17-9-11-18(12-10-17)19-13-15-20(16-14-19)21-7-5-8-22(24)23(21)25/h5,7-8,13-18H,2-4,6,9-12H2,1H3. The fraction of sp³-hybridized carbons (Fsp3) is 0.478. The first kappa shape index (κ1) is 18.1. The first-order valence-corrected chi connectivity index (χ1v) is 9.73. The van der Waals surface area contributed by atoms with Gasteiger partial charge in [-0.1, -0.05) is 69.0 Å². The number of rotatable bonds is 6. The molecule has 0 heterocycles. The molecule has 2 heteroatoms. The van der Waals surface area contributed by atoms with Crippen molar-refractivity contribution in [2.24, 2.45) is 5.92 Å². The van der Waals surface area contributed by atoms with Crippen LogP contribution < -0.4 is 0 Å². The third-order valence-corrected chi connectivity index (χ3v) is 5.71. The third-order valence-electron chi connectivity index (χ3n) is 5.71. The topological polar surface area (TPSA) is 0 Å². The monoisotopic (exact) mass is 342 g/mol. The van der Waals surface area contributed by atoms with Gasteiger partial charge in [0.15, 0.2) is 11.6 Å². The highest BCUT2D eigenvalue weighted by Gasteiger charge is 2.22. The average Bonchev–Trinajstić information content (AvgIpc) is 2.65. The Bertz CT molecular complexity index is 667. The summed E-state index contributed by atoms with van der Waals surface area (Å²) in [4.78, 5) is 0. The first-order chi connectivity index (χ1) is 12.2. The predicted octanol–water partition coefficient (Wildman–Crippen LogP) is 7.49. The molecule has 1 aliphatic carbocycles. The van der Waals surface area contributed by atoms with Crippen LogP contribution in [0.3, 0.4) is 0 Å². The summed E-state index contributed by atoms with van der Waals surface area (Å²) in [5.41, 5.74) is 2.42. The van der Waals surface area contributed by atoms with Crippen molar-refractivity contribution in [3.8, 4) is 11.1 Å². The van der Waals surface area contributed by atoms with Crippen molar-refractivity contribution in [3.63, 3.8) is 0 Å². The molecule has 1 saturated carbocycles. The van der Waals surface area contributed by atoms with Gasteiger partial charge in [0.1, 0.15) is 0 Å². The Labute approximate surface area is 150 Å². The molecule has 2 aromatic carbocycles. The molecule has 0 bridgehead atoms. The minimum absolute atomic E-state index is 0.339. The van der Waals surface area contributed by atoms with Crippen LogP contribution in [0.5, 0.6) is 0 Å². The molecule has 0 atom stereocenters. The summed E-state index contributed by atoms with van der Waals surface area (Å²) >= 11 is 0. The van der Waals surface area contributed by atoms with E-state index < -0.39 is 11.6 Å². The van der Waals surface area contributed by atoms with Crippen molar-refractivity contribution >= 4 is 0 Å². The van der Waals surface area contributed by atoms with Gasteiger partial charge in [-0.25, -0.2) is 8.78 Å². The molecule has 0 spiro atoms. The van der Waals surface area contributed by atoms with E-state index in [1.807, 2.05) is 12.1 Å². The van der Waals surface area contributed by atoms with E-state index in [9.17, 15) is 8.78 Å². The van der Waals surface area contributed by atoms with Crippen LogP contribution in [-0.4, -0.2) is 0 Å². The first-order valence-electron chi connectivity index (χ1n) is 9.73. The fourth-order valence-corrected chi connectivity index (χ4v) is 4.13. The molecule has 134 valence electrons. The van der Waals surface area contributed by atoms with Crippen LogP contribution >= 0.6 is 0 Å². The minimum Gasteiger partial charge on any atom is -0.204 e.